The van der Waals surface area contributed by atoms with Crippen molar-refractivity contribution >= 4 is 34.8 Å². The highest BCUT2D eigenvalue weighted by molar-refractivity contribution is 6.42. The van der Waals surface area contributed by atoms with Crippen LogP contribution in [0.25, 0.3) is 0 Å². The number of hydrogen-bond donors (Lipinski definition) is 2. The van der Waals surface area contributed by atoms with Gasteiger partial charge in [-0.15, -0.1) is 0 Å². The number of benzene rings is 1. The van der Waals surface area contributed by atoms with Crippen LogP contribution >= 0.6 is 23.2 Å². The number of fused-ring (bicyclic) bond motifs is 1. The van der Waals surface area contributed by atoms with Crippen molar-refractivity contribution in [2.24, 2.45) is 11.8 Å². The SMILES string of the molecule is O=C(CN1CCC2CNCC2C1)Nc1ccc(Cl)c(Cl)c1. The Hall–Kier alpha value is -0.810. The molecule has 21 heavy (non-hydrogen) atoms. The highest BCUT2D eigenvalue weighted by Crippen LogP contribution is 2.27. The number of carbonyl (C=O) groups excluding carboxylic acids is 1. The van der Waals surface area contributed by atoms with Crippen LogP contribution in [0.2, 0.25) is 10.0 Å². The minimum atomic E-state index is -0.00204. The molecule has 2 fully saturated rings. The molecule has 114 valence electrons. The molecular formula is C15H19Cl2N3O. The van der Waals surface area contributed by atoms with Crippen molar-refractivity contribution in [3.63, 3.8) is 0 Å². The molecule has 0 bridgehead atoms. The molecule has 2 heterocycles. The van der Waals surface area contributed by atoms with E-state index in [4.69, 9.17) is 23.2 Å². The second kappa shape index (κ2) is 6.53. The molecular weight excluding hydrogens is 309 g/mol. The average molecular weight is 328 g/mol. The van der Waals surface area contributed by atoms with Crippen LogP contribution in [0, 0.1) is 11.8 Å². The molecule has 0 aliphatic carbocycles. The van der Waals surface area contributed by atoms with Gasteiger partial charge in [-0.1, -0.05) is 23.2 Å². The van der Waals surface area contributed by atoms with E-state index in [0.29, 0.717) is 28.2 Å². The molecule has 2 aliphatic heterocycles. The van der Waals surface area contributed by atoms with E-state index in [1.54, 1.807) is 18.2 Å². The molecule has 4 nitrogen and oxygen atoms in total. The molecule has 0 spiro atoms. The normalized spacial score (nSPS) is 25.6. The Bertz CT molecular complexity index is 538. The Morgan fingerprint density at radius 2 is 2.10 bits per heavy atom. The first kappa shape index (κ1) is 15.1. The minimum absolute atomic E-state index is 0.00204. The minimum Gasteiger partial charge on any atom is -0.325 e. The van der Waals surface area contributed by atoms with Gasteiger partial charge in [-0.2, -0.15) is 0 Å². The van der Waals surface area contributed by atoms with Gasteiger partial charge in [-0.05, 0) is 56.1 Å². The zero-order valence-corrected chi connectivity index (χ0v) is 13.3. The molecule has 2 saturated heterocycles. The van der Waals surface area contributed by atoms with Gasteiger partial charge in [0.2, 0.25) is 5.91 Å². The summed E-state index contributed by atoms with van der Waals surface area (Å²) in [6, 6.07) is 5.13. The van der Waals surface area contributed by atoms with Crippen LogP contribution in [-0.2, 0) is 4.79 Å². The summed E-state index contributed by atoms with van der Waals surface area (Å²) in [4.78, 5) is 14.4. The lowest BCUT2D eigenvalue weighted by molar-refractivity contribution is -0.117. The number of anilines is 1. The van der Waals surface area contributed by atoms with Crippen molar-refractivity contribution in [2.45, 2.75) is 6.42 Å². The van der Waals surface area contributed by atoms with E-state index in [1.165, 1.54) is 6.42 Å². The van der Waals surface area contributed by atoms with Gasteiger partial charge in [0, 0.05) is 12.2 Å². The summed E-state index contributed by atoms with van der Waals surface area (Å²) >= 11 is 11.8. The van der Waals surface area contributed by atoms with Crippen molar-refractivity contribution < 1.29 is 4.79 Å². The number of halogens is 2. The van der Waals surface area contributed by atoms with E-state index in [9.17, 15) is 4.79 Å². The average Bonchev–Trinajstić information content (AvgIpc) is 2.90. The third kappa shape index (κ3) is 3.69. The molecule has 0 aromatic heterocycles. The first-order valence-electron chi connectivity index (χ1n) is 7.30. The van der Waals surface area contributed by atoms with Crippen LogP contribution in [0.3, 0.4) is 0 Å². The molecule has 3 rings (SSSR count). The molecule has 0 saturated carbocycles. The van der Waals surface area contributed by atoms with Gasteiger partial charge in [0.15, 0.2) is 0 Å². The van der Waals surface area contributed by atoms with Crippen LogP contribution in [0.1, 0.15) is 6.42 Å². The maximum absolute atomic E-state index is 12.1. The van der Waals surface area contributed by atoms with E-state index >= 15 is 0 Å². The number of rotatable bonds is 3. The van der Waals surface area contributed by atoms with Crippen molar-refractivity contribution in [3.8, 4) is 0 Å². The fraction of sp³-hybridized carbons (Fsp3) is 0.533. The predicted octanol–water partition coefficient (Wildman–Crippen LogP) is 2.47. The van der Waals surface area contributed by atoms with Gasteiger partial charge in [0.1, 0.15) is 0 Å². The maximum atomic E-state index is 12.1. The summed E-state index contributed by atoms with van der Waals surface area (Å²) in [5.74, 6) is 1.48. The molecule has 6 heteroatoms. The van der Waals surface area contributed by atoms with Crippen molar-refractivity contribution in [2.75, 3.05) is 38.0 Å². The van der Waals surface area contributed by atoms with Crippen LogP contribution in [0.15, 0.2) is 18.2 Å². The number of nitrogens with one attached hydrogen (secondary N) is 2. The molecule has 2 aliphatic rings. The summed E-state index contributed by atoms with van der Waals surface area (Å²) in [6.07, 6.45) is 1.18. The van der Waals surface area contributed by atoms with Crippen LogP contribution in [-0.4, -0.2) is 43.5 Å². The standard InChI is InChI=1S/C15H19Cl2N3O/c16-13-2-1-12(5-14(13)17)19-15(21)9-20-4-3-10-6-18-7-11(10)8-20/h1-2,5,10-11,18H,3-4,6-9H2,(H,19,21). The first-order valence-corrected chi connectivity index (χ1v) is 8.05. The fourth-order valence-electron chi connectivity index (χ4n) is 3.23. The van der Waals surface area contributed by atoms with Crippen LogP contribution in [0.5, 0.6) is 0 Å². The largest absolute Gasteiger partial charge is 0.325 e. The van der Waals surface area contributed by atoms with Gasteiger partial charge < -0.3 is 10.6 Å². The Morgan fingerprint density at radius 1 is 1.29 bits per heavy atom. The van der Waals surface area contributed by atoms with Gasteiger partial charge in [-0.3, -0.25) is 9.69 Å². The Kier molecular flexibility index (Phi) is 4.69. The first-order chi connectivity index (χ1) is 10.1. The number of nitrogens with zero attached hydrogens (tertiary/aromatic N) is 1. The summed E-state index contributed by atoms with van der Waals surface area (Å²) in [5.41, 5.74) is 0.687. The van der Waals surface area contributed by atoms with Gasteiger partial charge in [0.25, 0.3) is 0 Å². The summed E-state index contributed by atoms with van der Waals surface area (Å²) in [7, 11) is 0. The quantitative estimate of drug-likeness (QED) is 0.896. The summed E-state index contributed by atoms with van der Waals surface area (Å²) in [6.45, 7) is 4.65. The monoisotopic (exact) mass is 327 g/mol. The smallest absolute Gasteiger partial charge is 0.238 e. The number of hydrogen-bond acceptors (Lipinski definition) is 3. The van der Waals surface area contributed by atoms with Gasteiger partial charge in [0.05, 0.1) is 16.6 Å². The second-order valence-electron chi connectivity index (χ2n) is 5.88. The molecule has 2 N–H and O–H groups in total. The molecule has 0 radical (unpaired) electrons. The molecule has 1 aromatic carbocycles. The zero-order valence-electron chi connectivity index (χ0n) is 11.7. The molecule has 2 atom stereocenters. The molecule has 2 unspecified atom stereocenters. The maximum Gasteiger partial charge on any atom is 0.238 e. The molecule has 1 amide bonds. The van der Waals surface area contributed by atoms with Crippen LogP contribution < -0.4 is 10.6 Å². The Balaban J connectivity index is 1.53. The number of amides is 1. The zero-order chi connectivity index (χ0) is 14.8. The second-order valence-corrected chi connectivity index (χ2v) is 6.69. The van der Waals surface area contributed by atoms with Crippen molar-refractivity contribution in [1.82, 2.24) is 10.2 Å². The molecule has 1 aromatic rings. The van der Waals surface area contributed by atoms with E-state index in [0.717, 1.165) is 32.1 Å². The lowest BCUT2D eigenvalue weighted by Crippen LogP contribution is -2.43. The summed E-state index contributed by atoms with van der Waals surface area (Å²) < 4.78 is 0. The lowest BCUT2D eigenvalue weighted by Gasteiger charge is -2.33. The number of carbonyl (C=O) groups is 1. The highest BCUT2D eigenvalue weighted by atomic mass is 35.5. The van der Waals surface area contributed by atoms with Gasteiger partial charge in [-0.25, -0.2) is 0 Å². The predicted molar refractivity (Wildman–Crippen MR) is 86.0 cm³/mol. The lowest BCUT2D eigenvalue weighted by atomic mass is 9.89. The van der Waals surface area contributed by atoms with E-state index in [1.807, 2.05) is 0 Å². The van der Waals surface area contributed by atoms with Crippen molar-refractivity contribution in [3.05, 3.63) is 28.2 Å². The third-order valence-corrected chi connectivity index (χ3v) is 5.10. The van der Waals surface area contributed by atoms with Crippen molar-refractivity contribution in [1.29, 1.82) is 0 Å². The Morgan fingerprint density at radius 3 is 2.90 bits per heavy atom. The van der Waals surface area contributed by atoms with Crippen LogP contribution in [0.4, 0.5) is 5.69 Å². The highest BCUT2D eigenvalue weighted by Gasteiger charge is 2.33. The topological polar surface area (TPSA) is 44.4 Å². The number of piperidine rings is 1. The van der Waals surface area contributed by atoms with E-state index in [-0.39, 0.29) is 5.91 Å². The van der Waals surface area contributed by atoms with E-state index in [2.05, 4.69) is 15.5 Å². The number of likely N-dealkylation sites (tertiary alicyclic amines) is 1. The summed E-state index contributed by atoms with van der Waals surface area (Å²) in [5, 5.41) is 7.26. The third-order valence-electron chi connectivity index (χ3n) is 4.36. The Labute approximate surface area is 134 Å². The van der Waals surface area contributed by atoms with Gasteiger partial charge >= 0.3 is 0 Å². The fourth-order valence-corrected chi connectivity index (χ4v) is 3.53. The van der Waals surface area contributed by atoms with E-state index < -0.39 is 0 Å².